The predicted molar refractivity (Wildman–Crippen MR) is 45.0 cm³/mol. The van der Waals surface area contributed by atoms with E-state index in [4.69, 9.17) is 0 Å². The lowest BCUT2D eigenvalue weighted by molar-refractivity contribution is -0.186. The predicted octanol–water partition coefficient (Wildman–Crippen LogP) is 1.63. The molecular weight excluding hydrogens is 215 g/mol. The summed E-state index contributed by atoms with van der Waals surface area (Å²) in [5.74, 6) is 0. The second kappa shape index (κ2) is 3.16. The van der Waals surface area contributed by atoms with Crippen LogP contribution in [0.5, 0.6) is 0 Å². The van der Waals surface area contributed by atoms with Crippen molar-refractivity contribution in [1.29, 1.82) is 0 Å². The molecule has 0 saturated carbocycles. The first kappa shape index (κ1) is 9.85. The second-order valence-electron chi connectivity index (χ2n) is 3.26. The lowest BCUT2D eigenvalue weighted by Crippen LogP contribution is -2.40. The Hall–Kier alpha value is -0.690. The van der Waals surface area contributed by atoms with Crippen molar-refractivity contribution in [2.45, 2.75) is 18.6 Å². The zero-order valence-corrected chi connectivity index (χ0v) is 8.19. The molecule has 2 heterocycles. The van der Waals surface area contributed by atoms with Gasteiger partial charge < -0.3 is 0 Å². The number of alkyl halides is 3. The minimum Gasteiger partial charge on any atom is -0.290 e. The fraction of sp³-hybridized carbons (Fsp3) is 0.714. The summed E-state index contributed by atoms with van der Waals surface area (Å²) in [6.07, 6.45) is -3.66. The van der Waals surface area contributed by atoms with E-state index in [1.54, 1.807) is 0 Å². The third-order valence-corrected chi connectivity index (χ3v) is 3.08. The topological polar surface area (TPSA) is 29.0 Å². The van der Waals surface area contributed by atoms with Gasteiger partial charge in [0.15, 0.2) is 6.04 Å². The Kier molecular flexibility index (Phi) is 2.23. The molecule has 1 aliphatic rings. The summed E-state index contributed by atoms with van der Waals surface area (Å²) in [5, 5.41) is 3.56. The zero-order chi connectivity index (χ0) is 10.3. The summed E-state index contributed by atoms with van der Waals surface area (Å²) in [5.41, 5.74) is 0.0799. The van der Waals surface area contributed by atoms with E-state index < -0.39 is 12.2 Å². The molecule has 1 unspecified atom stereocenters. The molecule has 0 aromatic carbocycles. The molecule has 1 aromatic heterocycles. The van der Waals surface area contributed by atoms with E-state index in [1.165, 1.54) is 11.9 Å². The standard InChI is InChI=1S/C7H8F3N3S/c1-13-3-2-4-5(11-12-14-4)6(13)7(8,9)10/h6H,2-3H2,1H3. The van der Waals surface area contributed by atoms with Crippen LogP contribution in [0.25, 0.3) is 0 Å². The van der Waals surface area contributed by atoms with Gasteiger partial charge >= 0.3 is 6.18 Å². The van der Waals surface area contributed by atoms with Crippen LogP contribution in [-0.2, 0) is 6.42 Å². The largest absolute Gasteiger partial charge is 0.409 e. The highest BCUT2D eigenvalue weighted by atomic mass is 32.1. The molecular formula is C7H8F3N3S. The molecule has 0 spiro atoms. The third kappa shape index (κ3) is 1.50. The van der Waals surface area contributed by atoms with Crippen molar-refractivity contribution in [3.63, 3.8) is 0 Å². The van der Waals surface area contributed by atoms with Gasteiger partial charge in [-0.05, 0) is 25.0 Å². The van der Waals surface area contributed by atoms with Gasteiger partial charge in [-0.15, -0.1) is 5.10 Å². The Morgan fingerprint density at radius 2 is 2.21 bits per heavy atom. The van der Waals surface area contributed by atoms with Gasteiger partial charge in [-0.2, -0.15) is 13.2 Å². The van der Waals surface area contributed by atoms with Crippen LogP contribution < -0.4 is 0 Å². The van der Waals surface area contributed by atoms with E-state index in [-0.39, 0.29) is 5.69 Å². The number of fused-ring (bicyclic) bond motifs is 1. The van der Waals surface area contributed by atoms with E-state index in [0.717, 1.165) is 11.5 Å². The smallest absolute Gasteiger partial charge is 0.290 e. The van der Waals surface area contributed by atoms with Crippen LogP contribution in [0.15, 0.2) is 0 Å². The van der Waals surface area contributed by atoms with Crippen molar-refractivity contribution in [3.05, 3.63) is 10.6 Å². The molecule has 0 fully saturated rings. The lowest BCUT2D eigenvalue weighted by atomic mass is 10.1. The summed E-state index contributed by atoms with van der Waals surface area (Å²) < 4.78 is 41.5. The van der Waals surface area contributed by atoms with Gasteiger partial charge in [0.2, 0.25) is 0 Å². The molecule has 3 nitrogen and oxygen atoms in total. The van der Waals surface area contributed by atoms with E-state index in [0.29, 0.717) is 17.8 Å². The van der Waals surface area contributed by atoms with Crippen LogP contribution in [0, 0.1) is 0 Å². The minimum atomic E-state index is -4.26. The monoisotopic (exact) mass is 223 g/mol. The highest BCUT2D eigenvalue weighted by molar-refractivity contribution is 7.05. The summed E-state index contributed by atoms with van der Waals surface area (Å²) in [7, 11) is 1.46. The van der Waals surface area contributed by atoms with Crippen LogP contribution in [0.4, 0.5) is 13.2 Å². The van der Waals surface area contributed by atoms with E-state index in [2.05, 4.69) is 9.59 Å². The van der Waals surface area contributed by atoms with Gasteiger partial charge in [-0.25, -0.2) is 0 Å². The molecule has 7 heteroatoms. The average Bonchev–Trinajstić information content (AvgIpc) is 2.48. The van der Waals surface area contributed by atoms with E-state index in [1.807, 2.05) is 0 Å². The van der Waals surface area contributed by atoms with Crippen LogP contribution in [0.2, 0.25) is 0 Å². The number of hydrogen-bond donors (Lipinski definition) is 0. The maximum absolute atomic E-state index is 12.6. The normalized spacial score (nSPS) is 23.6. The quantitative estimate of drug-likeness (QED) is 0.669. The first-order chi connectivity index (χ1) is 6.50. The average molecular weight is 223 g/mol. The molecule has 0 aliphatic carbocycles. The molecule has 0 saturated heterocycles. The fourth-order valence-corrected chi connectivity index (χ4v) is 2.27. The zero-order valence-electron chi connectivity index (χ0n) is 7.38. The first-order valence-electron chi connectivity index (χ1n) is 4.08. The number of hydrogen-bond acceptors (Lipinski definition) is 4. The number of likely N-dealkylation sites (N-methyl/N-ethyl adjacent to an activating group) is 1. The molecule has 2 rings (SSSR count). The maximum Gasteiger partial charge on any atom is 0.409 e. The van der Waals surface area contributed by atoms with E-state index in [9.17, 15) is 13.2 Å². The molecule has 1 atom stereocenters. The van der Waals surface area contributed by atoms with Gasteiger partial charge in [-0.1, -0.05) is 4.49 Å². The number of aromatic nitrogens is 2. The van der Waals surface area contributed by atoms with Crippen molar-refractivity contribution in [1.82, 2.24) is 14.5 Å². The second-order valence-corrected chi connectivity index (χ2v) is 4.09. The SMILES string of the molecule is CN1CCc2snnc2C1C(F)(F)F. The Morgan fingerprint density at radius 1 is 1.50 bits per heavy atom. The van der Waals surface area contributed by atoms with Gasteiger partial charge in [-0.3, -0.25) is 4.90 Å². The van der Waals surface area contributed by atoms with Gasteiger partial charge in [0.1, 0.15) is 5.69 Å². The maximum atomic E-state index is 12.6. The van der Waals surface area contributed by atoms with Crippen molar-refractivity contribution in [3.8, 4) is 0 Å². The number of halogens is 3. The van der Waals surface area contributed by atoms with E-state index >= 15 is 0 Å². The van der Waals surface area contributed by atoms with Gasteiger partial charge in [0.05, 0.1) is 4.88 Å². The molecule has 78 valence electrons. The molecule has 0 radical (unpaired) electrons. The highest BCUT2D eigenvalue weighted by Gasteiger charge is 2.47. The summed E-state index contributed by atoms with van der Waals surface area (Å²) in [6, 6.07) is -1.58. The molecule has 14 heavy (non-hydrogen) atoms. The van der Waals surface area contributed by atoms with Gasteiger partial charge in [0.25, 0.3) is 0 Å². The Labute approximate surface area is 82.7 Å². The first-order valence-corrected chi connectivity index (χ1v) is 4.85. The molecule has 0 N–H and O–H groups in total. The Balaban J connectivity index is 2.41. The summed E-state index contributed by atoms with van der Waals surface area (Å²) >= 11 is 1.06. The minimum absolute atomic E-state index is 0.0799. The summed E-state index contributed by atoms with van der Waals surface area (Å²) in [6.45, 7) is 0.404. The van der Waals surface area contributed by atoms with Crippen molar-refractivity contribution in [2.75, 3.05) is 13.6 Å². The van der Waals surface area contributed by atoms with Gasteiger partial charge in [0, 0.05) is 6.54 Å². The Morgan fingerprint density at radius 3 is 2.86 bits per heavy atom. The number of rotatable bonds is 0. The molecule has 1 aliphatic heterocycles. The third-order valence-electron chi connectivity index (χ3n) is 2.29. The van der Waals surface area contributed by atoms with Crippen LogP contribution in [0.3, 0.4) is 0 Å². The molecule has 0 bridgehead atoms. The highest BCUT2D eigenvalue weighted by Crippen LogP contribution is 2.40. The van der Waals surface area contributed by atoms with Crippen LogP contribution in [0.1, 0.15) is 16.6 Å². The van der Waals surface area contributed by atoms with Crippen molar-refractivity contribution >= 4 is 11.5 Å². The molecule has 0 amide bonds. The Bertz CT molecular complexity index is 335. The summed E-state index contributed by atoms with van der Waals surface area (Å²) in [4.78, 5) is 1.93. The van der Waals surface area contributed by atoms with Crippen LogP contribution in [-0.4, -0.2) is 34.3 Å². The fourth-order valence-electron chi connectivity index (χ4n) is 1.62. The number of nitrogens with zero attached hydrogens (tertiary/aromatic N) is 3. The molecule has 1 aromatic rings. The van der Waals surface area contributed by atoms with Crippen molar-refractivity contribution in [2.24, 2.45) is 0 Å². The van der Waals surface area contributed by atoms with Crippen molar-refractivity contribution < 1.29 is 13.2 Å². The van der Waals surface area contributed by atoms with Crippen LogP contribution >= 0.6 is 11.5 Å². The lowest BCUT2D eigenvalue weighted by Gasteiger charge is -2.32.